The Morgan fingerprint density at radius 2 is 1.67 bits per heavy atom. The first-order chi connectivity index (χ1) is 8.50. The van der Waals surface area contributed by atoms with Gasteiger partial charge < -0.3 is 5.11 Å². The summed E-state index contributed by atoms with van der Waals surface area (Å²) in [6, 6.07) is 10.3. The maximum atomic E-state index is 13.9. The molecule has 0 amide bonds. The van der Waals surface area contributed by atoms with Crippen molar-refractivity contribution < 1.29 is 9.50 Å². The number of hydrogen-bond acceptors (Lipinski definition) is 1. The summed E-state index contributed by atoms with van der Waals surface area (Å²) >= 11 is 9.80. The van der Waals surface area contributed by atoms with Crippen LogP contribution >= 0.6 is 47.8 Å². The van der Waals surface area contributed by atoms with Crippen LogP contribution in [-0.2, 0) is 0 Å². The summed E-state index contributed by atoms with van der Waals surface area (Å²) < 4.78 is 15.8. The van der Waals surface area contributed by atoms with Crippen molar-refractivity contribution in [2.24, 2.45) is 0 Å². The molecule has 1 atom stereocenters. The van der Waals surface area contributed by atoms with Crippen LogP contribution in [0.25, 0.3) is 0 Å². The van der Waals surface area contributed by atoms with E-state index in [2.05, 4.69) is 47.8 Å². The lowest BCUT2D eigenvalue weighted by molar-refractivity contribution is 0.214. The zero-order chi connectivity index (χ0) is 13.3. The highest BCUT2D eigenvalue weighted by molar-refractivity contribution is 9.11. The lowest BCUT2D eigenvalue weighted by Gasteiger charge is -2.15. The van der Waals surface area contributed by atoms with Gasteiger partial charge in [-0.15, -0.1) is 0 Å². The Morgan fingerprint density at radius 1 is 0.944 bits per heavy atom. The summed E-state index contributed by atoms with van der Waals surface area (Å²) in [6.45, 7) is 0. The highest BCUT2D eigenvalue weighted by Gasteiger charge is 2.19. The number of aliphatic hydroxyl groups is 1. The van der Waals surface area contributed by atoms with Crippen LogP contribution in [-0.4, -0.2) is 5.11 Å². The van der Waals surface area contributed by atoms with Crippen molar-refractivity contribution in [1.29, 1.82) is 0 Å². The first kappa shape index (κ1) is 14.2. The molecule has 1 unspecified atom stereocenters. The normalized spacial score (nSPS) is 12.5. The fourth-order valence-corrected chi connectivity index (χ4v) is 2.85. The Labute approximate surface area is 129 Å². The van der Waals surface area contributed by atoms with Crippen LogP contribution in [0.5, 0.6) is 0 Å². The van der Waals surface area contributed by atoms with Gasteiger partial charge in [0.05, 0.1) is 4.47 Å². The minimum Gasteiger partial charge on any atom is -0.384 e. The van der Waals surface area contributed by atoms with E-state index in [-0.39, 0.29) is 5.56 Å². The number of rotatable bonds is 2. The van der Waals surface area contributed by atoms with E-state index in [4.69, 9.17) is 0 Å². The van der Waals surface area contributed by atoms with Crippen LogP contribution < -0.4 is 0 Å². The third-order valence-corrected chi connectivity index (χ3v) is 4.36. The Morgan fingerprint density at radius 3 is 2.39 bits per heavy atom. The first-order valence-electron chi connectivity index (χ1n) is 5.07. The summed E-state index contributed by atoms with van der Waals surface area (Å²) in [6.07, 6.45) is -1.02. The van der Waals surface area contributed by atoms with Gasteiger partial charge in [-0.1, -0.05) is 44.0 Å². The van der Waals surface area contributed by atoms with Gasteiger partial charge in [-0.05, 0) is 40.2 Å². The van der Waals surface area contributed by atoms with Crippen LogP contribution in [0.4, 0.5) is 4.39 Å². The Hall–Kier alpha value is -0.230. The molecule has 0 bridgehead atoms. The average Bonchev–Trinajstić information content (AvgIpc) is 2.35. The van der Waals surface area contributed by atoms with Crippen molar-refractivity contribution in [3.63, 3.8) is 0 Å². The SMILES string of the molecule is OC(c1cc(Br)ccc1Br)c1cccc(Br)c1F. The summed E-state index contributed by atoms with van der Waals surface area (Å²) in [7, 11) is 0. The zero-order valence-electron chi connectivity index (χ0n) is 9.00. The van der Waals surface area contributed by atoms with Gasteiger partial charge in [-0.25, -0.2) is 4.39 Å². The standard InChI is InChI=1S/C13H8Br3FO/c14-7-4-5-10(15)9(6-7)13(18)8-2-1-3-11(16)12(8)17/h1-6,13,18H. The Kier molecular flexibility index (Phi) is 4.59. The molecule has 0 radical (unpaired) electrons. The minimum atomic E-state index is -1.02. The van der Waals surface area contributed by atoms with Crippen molar-refractivity contribution in [2.45, 2.75) is 6.10 Å². The molecule has 0 aliphatic rings. The van der Waals surface area contributed by atoms with Gasteiger partial charge in [-0.3, -0.25) is 0 Å². The molecule has 0 spiro atoms. The number of hydrogen-bond donors (Lipinski definition) is 1. The van der Waals surface area contributed by atoms with Crippen molar-refractivity contribution in [3.8, 4) is 0 Å². The molecule has 0 saturated heterocycles. The van der Waals surface area contributed by atoms with Gasteiger partial charge in [-0.2, -0.15) is 0 Å². The second-order valence-electron chi connectivity index (χ2n) is 3.71. The highest BCUT2D eigenvalue weighted by Crippen LogP contribution is 2.33. The second-order valence-corrected chi connectivity index (χ2v) is 6.34. The quantitative estimate of drug-likeness (QED) is 0.683. The predicted octanol–water partition coefficient (Wildman–Crippen LogP) is 5.19. The molecule has 0 aliphatic heterocycles. The Bertz CT molecular complexity index is 584. The molecule has 0 saturated carbocycles. The largest absolute Gasteiger partial charge is 0.384 e. The Balaban J connectivity index is 2.51. The second kappa shape index (κ2) is 5.82. The summed E-state index contributed by atoms with van der Waals surface area (Å²) in [5.41, 5.74) is 0.851. The topological polar surface area (TPSA) is 20.2 Å². The molecule has 0 fully saturated rings. The van der Waals surface area contributed by atoms with Gasteiger partial charge in [0, 0.05) is 20.1 Å². The van der Waals surface area contributed by atoms with E-state index in [0.29, 0.717) is 10.0 Å². The molecule has 18 heavy (non-hydrogen) atoms. The zero-order valence-corrected chi connectivity index (χ0v) is 13.8. The van der Waals surface area contributed by atoms with Gasteiger partial charge in [0.25, 0.3) is 0 Å². The molecular formula is C13H8Br3FO. The molecular weight excluding hydrogens is 431 g/mol. The summed E-state index contributed by atoms with van der Waals surface area (Å²) in [4.78, 5) is 0. The monoisotopic (exact) mass is 436 g/mol. The molecule has 2 aromatic rings. The van der Waals surface area contributed by atoms with Crippen LogP contribution in [0.15, 0.2) is 49.8 Å². The molecule has 0 aliphatic carbocycles. The molecule has 0 heterocycles. The number of aliphatic hydroxyl groups excluding tert-OH is 1. The first-order valence-corrected chi connectivity index (χ1v) is 7.45. The van der Waals surface area contributed by atoms with Crippen molar-refractivity contribution in [3.05, 3.63) is 66.8 Å². The van der Waals surface area contributed by atoms with Crippen LogP contribution in [0, 0.1) is 5.82 Å². The fourth-order valence-electron chi connectivity index (χ4n) is 1.62. The third kappa shape index (κ3) is 2.85. The van der Waals surface area contributed by atoms with Crippen molar-refractivity contribution in [1.82, 2.24) is 0 Å². The molecule has 2 rings (SSSR count). The van der Waals surface area contributed by atoms with E-state index in [1.807, 2.05) is 6.07 Å². The molecule has 5 heteroatoms. The number of benzene rings is 2. The molecule has 94 valence electrons. The minimum absolute atomic E-state index is 0.239. The number of halogens is 4. The fraction of sp³-hybridized carbons (Fsp3) is 0.0769. The van der Waals surface area contributed by atoms with E-state index in [9.17, 15) is 9.50 Å². The van der Waals surface area contributed by atoms with Crippen molar-refractivity contribution >= 4 is 47.8 Å². The highest BCUT2D eigenvalue weighted by atomic mass is 79.9. The molecule has 2 aromatic carbocycles. The smallest absolute Gasteiger partial charge is 0.143 e. The van der Waals surface area contributed by atoms with Gasteiger partial charge in [0.2, 0.25) is 0 Å². The van der Waals surface area contributed by atoms with Crippen LogP contribution in [0.3, 0.4) is 0 Å². The van der Waals surface area contributed by atoms with E-state index in [0.717, 1.165) is 8.95 Å². The van der Waals surface area contributed by atoms with Crippen molar-refractivity contribution in [2.75, 3.05) is 0 Å². The van der Waals surface area contributed by atoms with Gasteiger partial charge in [0.15, 0.2) is 0 Å². The predicted molar refractivity (Wildman–Crippen MR) is 80.0 cm³/mol. The molecule has 1 N–H and O–H groups in total. The van der Waals surface area contributed by atoms with Gasteiger partial charge in [0.1, 0.15) is 11.9 Å². The van der Waals surface area contributed by atoms with Crippen LogP contribution in [0.1, 0.15) is 17.2 Å². The van der Waals surface area contributed by atoms with Crippen LogP contribution in [0.2, 0.25) is 0 Å². The average molecular weight is 439 g/mol. The van der Waals surface area contributed by atoms with E-state index in [1.54, 1.807) is 30.3 Å². The summed E-state index contributed by atoms with van der Waals surface area (Å²) in [5.74, 6) is -0.447. The van der Waals surface area contributed by atoms with E-state index in [1.165, 1.54) is 0 Å². The summed E-state index contributed by atoms with van der Waals surface area (Å²) in [5, 5.41) is 10.3. The maximum Gasteiger partial charge on any atom is 0.143 e. The molecule has 0 aromatic heterocycles. The van der Waals surface area contributed by atoms with E-state index < -0.39 is 11.9 Å². The molecule has 1 nitrogen and oxygen atoms in total. The van der Waals surface area contributed by atoms with E-state index >= 15 is 0 Å². The third-order valence-electron chi connectivity index (χ3n) is 2.53. The lowest BCUT2D eigenvalue weighted by Crippen LogP contribution is -2.04. The maximum absolute atomic E-state index is 13.9. The van der Waals surface area contributed by atoms with Gasteiger partial charge >= 0.3 is 0 Å². The lowest BCUT2D eigenvalue weighted by atomic mass is 10.0.